The van der Waals surface area contributed by atoms with E-state index in [0.29, 0.717) is 5.56 Å². The average Bonchev–Trinajstić information content (AvgIpc) is 2.83. The van der Waals surface area contributed by atoms with Crippen molar-refractivity contribution < 1.29 is 28.4 Å². The molecular weight excluding hydrogens is 447 g/mol. The summed E-state index contributed by atoms with van der Waals surface area (Å²) >= 11 is 0. The number of nitrogens with one attached hydrogen (secondary N) is 2. The lowest BCUT2D eigenvalue weighted by atomic mass is 10.2. The van der Waals surface area contributed by atoms with Gasteiger partial charge in [0.15, 0.2) is 0 Å². The molecule has 3 aromatic rings. The number of carbonyl (C=O) groups is 3. The van der Waals surface area contributed by atoms with E-state index in [1.165, 1.54) is 60.8 Å². The summed E-state index contributed by atoms with van der Waals surface area (Å²) in [5, 5.41) is 16.8. The van der Waals surface area contributed by atoms with Crippen molar-refractivity contribution in [2.75, 3.05) is 6.54 Å². The molecule has 34 heavy (non-hydrogen) atoms. The highest BCUT2D eigenvalue weighted by Gasteiger charge is 2.12. The number of hydrazone groups is 1. The fourth-order valence-corrected chi connectivity index (χ4v) is 2.65. The number of hydrogen-bond acceptors (Lipinski definition) is 7. The third-order valence-electron chi connectivity index (χ3n) is 4.28. The number of amides is 2. The quantitative estimate of drug-likeness (QED) is 0.173. The first-order chi connectivity index (χ1) is 16.3. The molecule has 0 saturated carbocycles. The van der Waals surface area contributed by atoms with Crippen molar-refractivity contribution >= 4 is 29.7 Å². The highest BCUT2D eigenvalue weighted by Crippen LogP contribution is 2.16. The molecule has 0 aliphatic carbocycles. The molecule has 0 aliphatic heterocycles. The molecule has 0 aromatic heterocycles. The summed E-state index contributed by atoms with van der Waals surface area (Å²) in [5.41, 5.74) is 2.80. The number of benzene rings is 3. The fraction of sp³-hybridized carbons (Fsp3) is 0.0435. The average molecular weight is 464 g/mol. The maximum absolute atomic E-state index is 13.2. The Kier molecular flexibility index (Phi) is 7.74. The number of ether oxygens (including phenoxy) is 1. The van der Waals surface area contributed by atoms with Gasteiger partial charge in [-0.1, -0.05) is 18.2 Å². The minimum atomic E-state index is -0.702. The number of carbonyl (C=O) groups excluding carboxylic acids is 3. The third-order valence-corrected chi connectivity index (χ3v) is 4.28. The second-order valence-corrected chi connectivity index (χ2v) is 6.75. The largest absolute Gasteiger partial charge is 0.423 e. The van der Waals surface area contributed by atoms with Crippen LogP contribution in [0.4, 0.5) is 10.1 Å². The maximum Gasteiger partial charge on any atom is 0.343 e. The van der Waals surface area contributed by atoms with Crippen LogP contribution in [0.1, 0.15) is 26.3 Å². The molecule has 0 bridgehead atoms. The molecule has 0 heterocycles. The summed E-state index contributed by atoms with van der Waals surface area (Å²) in [4.78, 5) is 46.1. The van der Waals surface area contributed by atoms with Crippen LogP contribution in [0.15, 0.2) is 77.9 Å². The molecule has 0 atom stereocenters. The first kappa shape index (κ1) is 23.7. The van der Waals surface area contributed by atoms with Crippen molar-refractivity contribution in [3.8, 4) is 5.75 Å². The van der Waals surface area contributed by atoms with Gasteiger partial charge in [0, 0.05) is 17.7 Å². The molecule has 172 valence electrons. The number of nitro groups is 1. The summed E-state index contributed by atoms with van der Waals surface area (Å²) in [6.45, 7) is -0.375. The third kappa shape index (κ3) is 6.79. The van der Waals surface area contributed by atoms with Gasteiger partial charge in [0.2, 0.25) is 0 Å². The SMILES string of the molecule is O=C(CNC(=O)c1cccc(F)c1)N/N=C/c1cccc(OC(=O)c2ccc([N+](=O)[O-])cc2)c1. The smallest absolute Gasteiger partial charge is 0.343 e. The van der Waals surface area contributed by atoms with E-state index >= 15 is 0 Å². The predicted octanol–water partition coefficient (Wildman–Crippen LogP) is 2.83. The number of halogens is 1. The van der Waals surface area contributed by atoms with E-state index in [1.54, 1.807) is 12.1 Å². The monoisotopic (exact) mass is 464 g/mol. The van der Waals surface area contributed by atoms with Crippen LogP contribution in [0.3, 0.4) is 0 Å². The standard InChI is InChI=1S/C23H17FN4O6/c24-18-5-2-4-17(12-18)22(30)25-14-21(29)27-26-13-15-3-1-6-20(11-15)34-23(31)16-7-9-19(10-8-16)28(32)33/h1-13H,14H2,(H,25,30)(H,27,29)/b26-13+. The fourth-order valence-electron chi connectivity index (χ4n) is 2.65. The van der Waals surface area contributed by atoms with Gasteiger partial charge in [-0.25, -0.2) is 14.6 Å². The molecule has 2 N–H and O–H groups in total. The van der Waals surface area contributed by atoms with E-state index in [9.17, 15) is 28.9 Å². The van der Waals surface area contributed by atoms with Gasteiger partial charge in [-0.3, -0.25) is 19.7 Å². The molecule has 11 heteroatoms. The molecule has 3 rings (SSSR count). The minimum Gasteiger partial charge on any atom is -0.423 e. The molecule has 0 radical (unpaired) electrons. The van der Waals surface area contributed by atoms with Crippen LogP contribution in [-0.2, 0) is 4.79 Å². The van der Waals surface area contributed by atoms with E-state index in [1.807, 2.05) is 0 Å². The van der Waals surface area contributed by atoms with Crippen LogP contribution in [0.2, 0.25) is 0 Å². The molecule has 0 fully saturated rings. The Morgan fingerprint density at radius 2 is 1.74 bits per heavy atom. The summed E-state index contributed by atoms with van der Waals surface area (Å²) < 4.78 is 18.4. The Morgan fingerprint density at radius 3 is 2.44 bits per heavy atom. The van der Waals surface area contributed by atoms with Gasteiger partial charge in [0.1, 0.15) is 11.6 Å². The molecule has 2 amide bonds. The Bertz CT molecular complexity index is 1260. The second-order valence-electron chi connectivity index (χ2n) is 6.75. The van der Waals surface area contributed by atoms with Gasteiger partial charge < -0.3 is 10.1 Å². The van der Waals surface area contributed by atoms with E-state index in [-0.39, 0.29) is 29.1 Å². The molecular formula is C23H17FN4O6. The van der Waals surface area contributed by atoms with Gasteiger partial charge in [-0.15, -0.1) is 0 Å². The summed E-state index contributed by atoms with van der Waals surface area (Å²) in [6.07, 6.45) is 1.30. The number of nitrogens with zero attached hydrogens (tertiary/aromatic N) is 2. The number of rotatable bonds is 8. The second kappa shape index (κ2) is 11.1. The Morgan fingerprint density at radius 1 is 1.00 bits per heavy atom. The van der Waals surface area contributed by atoms with Gasteiger partial charge in [0.25, 0.3) is 17.5 Å². The van der Waals surface area contributed by atoms with Gasteiger partial charge in [0.05, 0.1) is 23.2 Å². The van der Waals surface area contributed by atoms with Crippen LogP contribution < -0.4 is 15.5 Å². The maximum atomic E-state index is 13.2. The van der Waals surface area contributed by atoms with Crippen molar-refractivity contribution in [1.82, 2.24) is 10.7 Å². The first-order valence-electron chi connectivity index (χ1n) is 9.74. The van der Waals surface area contributed by atoms with Crippen LogP contribution >= 0.6 is 0 Å². The lowest BCUT2D eigenvalue weighted by Gasteiger charge is -2.05. The topological polar surface area (TPSA) is 140 Å². The van der Waals surface area contributed by atoms with Crippen molar-refractivity contribution in [1.29, 1.82) is 0 Å². The molecule has 3 aromatic carbocycles. The lowest BCUT2D eigenvalue weighted by molar-refractivity contribution is -0.384. The van der Waals surface area contributed by atoms with Crippen molar-refractivity contribution in [2.24, 2.45) is 5.10 Å². The Hall–Kier alpha value is -4.93. The zero-order valence-corrected chi connectivity index (χ0v) is 17.4. The number of non-ortho nitro benzene ring substituents is 1. The normalized spacial score (nSPS) is 10.5. The highest BCUT2D eigenvalue weighted by molar-refractivity contribution is 5.96. The zero-order chi connectivity index (χ0) is 24.5. The predicted molar refractivity (Wildman–Crippen MR) is 119 cm³/mol. The van der Waals surface area contributed by atoms with Gasteiger partial charge in [-0.05, 0) is 48.0 Å². The summed E-state index contributed by atoms with van der Waals surface area (Å²) in [7, 11) is 0. The van der Waals surface area contributed by atoms with Crippen LogP contribution in [0.5, 0.6) is 5.75 Å². The zero-order valence-electron chi connectivity index (χ0n) is 17.4. The minimum absolute atomic E-state index is 0.0800. The summed E-state index contributed by atoms with van der Waals surface area (Å²) in [5.74, 6) is -2.29. The van der Waals surface area contributed by atoms with E-state index in [4.69, 9.17) is 4.74 Å². The first-order valence-corrected chi connectivity index (χ1v) is 9.74. The molecule has 0 spiro atoms. The van der Waals surface area contributed by atoms with Crippen LogP contribution in [0, 0.1) is 15.9 Å². The van der Waals surface area contributed by atoms with E-state index in [0.717, 1.165) is 6.07 Å². The highest BCUT2D eigenvalue weighted by atomic mass is 19.1. The van der Waals surface area contributed by atoms with Crippen LogP contribution in [-0.4, -0.2) is 35.5 Å². The molecule has 0 saturated heterocycles. The van der Waals surface area contributed by atoms with Crippen LogP contribution in [0.25, 0.3) is 0 Å². The Balaban J connectivity index is 1.50. The van der Waals surface area contributed by atoms with E-state index in [2.05, 4.69) is 15.8 Å². The molecule has 0 aliphatic rings. The van der Waals surface area contributed by atoms with Crippen molar-refractivity contribution in [2.45, 2.75) is 0 Å². The molecule has 0 unspecified atom stereocenters. The lowest BCUT2D eigenvalue weighted by Crippen LogP contribution is -2.34. The number of esters is 1. The number of nitro benzene ring substituents is 1. The molecule has 10 nitrogen and oxygen atoms in total. The summed E-state index contributed by atoms with van der Waals surface area (Å²) in [6, 6.07) is 16.3. The van der Waals surface area contributed by atoms with Gasteiger partial charge in [-0.2, -0.15) is 5.10 Å². The van der Waals surface area contributed by atoms with Crippen molar-refractivity contribution in [3.63, 3.8) is 0 Å². The number of hydrogen-bond donors (Lipinski definition) is 2. The Labute approximate surface area is 192 Å². The van der Waals surface area contributed by atoms with Gasteiger partial charge >= 0.3 is 5.97 Å². The van der Waals surface area contributed by atoms with E-state index < -0.39 is 28.5 Å². The van der Waals surface area contributed by atoms with Crippen molar-refractivity contribution in [3.05, 3.63) is 105 Å².